The summed E-state index contributed by atoms with van der Waals surface area (Å²) in [5.41, 5.74) is 0.962. The molecule has 1 aromatic heterocycles. The fourth-order valence-electron chi connectivity index (χ4n) is 1.94. The second-order valence-electron chi connectivity index (χ2n) is 4.67. The van der Waals surface area contributed by atoms with E-state index < -0.39 is 6.09 Å². The van der Waals surface area contributed by atoms with Crippen LogP contribution in [0, 0.1) is 5.92 Å². The third-order valence-electron chi connectivity index (χ3n) is 2.93. The molecule has 0 saturated carbocycles. The Morgan fingerprint density at radius 3 is 2.84 bits per heavy atom. The molecule has 0 fully saturated rings. The molecule has 7 heteroatoms. The maximum atomic E-state index is 12.0. The van der Waals surface area contributed by atoms with E-state index in [9.17, 15) is 9.59 Å². The number of fused-ring (bicyclic) bond motifs is 1. The van der Waals surface area contributed by atoms with E-state index in [4.69, 9.17) is 0 Å². The van der Waals surface area contributed by atoms with Crippen LogP contribution in [0.2, 0.25) is 0 Å². The van der Waals surface area contributed by atoms with Crippen molar-refractivity contribution >= 4 is 28.5 Å². The van der Waals surface area contributed by atoms with E-state index in [2.05, 4.69) is 15.0 Å². The minimum absolute atomic E-state index is 0.00198. The molecule has 6 nitrogen and oxygen atoms in total. The van der Waals surface area contributed by atoms with Crippen LogP contribution in [0.15, 0.2) is 0 Å². The number of amides is 2. The first-order chi connectivity index (χ1) is 9.01. The van der Waals surface area contributed by atoms with Gasteiger partial charge < -0.3 is 9.64 Å². The van der Waals surface area contributed by atoms with Gasteiger partial charge in [0.1, 0.15) is 0 Å². The summed E-state index contributed by atoms with van der Waals surface area (Å²) in [6.45, 7) is 5.06. The number of nitrogens with zero attached hydrogens (tertiary/aromatic N) is 2. The van der Waals surface area contributed by atoms with Gasteiger partial charge in [0, 0.05) is 23.8 Å². The van der Waals surface area contributed by atoms with Crippen LogP contribution in [-0.2, 0) is 22.5 Å². The molecule has 1 aliphatic heterocycles. The fourth-order valence-corrected chi connectivity index (χ4v) is 2.95. The number of hydrogen-bond donors (Lipinski definition) is 1. The summed E-state index contributed by atoms with van der Waals surface area (Å²) < 4.78 is 4.53. The summed E-state index contributed by atoms with van der Waals surface area (Å²) in [7, 11) is 1.31. The van der Waals surface area contributed by atoms with Crippen LogP contribution in [0.1, 0.15) is 24.4 Å². The lowest BCUT2D eigenvalue weighted by molar-refractivity contribution is -0.135. The van der Waals surface area contributed by atoms with Crippen LogP contribution in [0.5, 0.6) is 0 Å². The highest BCUT2D eigenvalue weighted by molar-refractivity contribution is 7.15. The lowest BCUT2D eigenvalue weighted by atomic mass is 10.1. The van der Waals surface area contributed by atoms with Gasteiger partial charge in [0.05, 0.1) is 19.3 Å². The fraction of sp³-hybridized carbons (Fsp3) is 0.583. The van der Waals surface area contributed by atoms with E-state index in [1.54, 1.807) is 0 Å². The lowest BCUT2D eigenvalue weighted by Gasteiger charge is -2.27. The highest BCUT2D eigenvalue weighted by Crippen LogP contribution is 2.28. The molecule has 0 aliphatic carbocycles. The third kappa shape index (κ3) is 3.04. The summed E-state index contributed by atoms with van der Waals surface area (Å²) in [4.78, 5) is 30.3. The van der Waals surface area contributed by atoms with E-state index in [-0.39, 0.29) is 11.8 Å². The molecule has 0 saturated heterocycles. The Morgan fingerprint density at radius 2 is 2.21 bits per heavy atom. The minimum Gasteiger partial charge on any atom is -0.453 e. The molecular weight excluding hydrogens is 266 g/mol. The topological polar surface area (TPSA) is 71.5 Å². The van der Waals surface area contributed by atoms with Crippen molar-refractivity contribution in [2.45, 2.75) is 26.8 Å². The number of methoxy groups -OCH3 is 1. The molecular formula is C12H17N3O3S. The van der Waals surface area contributed by atoms with E-state index in [0.29, 0.717) is 18.2 Å². The zero-order valence-electron chi connectivity index (χ0n) is 11.2. The zero-order valence-corrected chi connectivity index (χ0v) is 12.0. The second-order valence-corrected chi connectivity index (χ2v) is 5.75. The third-order valence-corrected chi connectivity index (χ3v) is 3.93. The number of carbonyl (C=O) groups excluding carboxylic acids is 2. The van der Waals surface area contributed by atoms with Gasteiger partial charge in [0.15, 0.2) is 5.13 Å². The largest absolute Gasteiger partial charge is 0.453 e. The standard InChI is InChI=1S/C12H17N3O3S/c1-7(2)10(16)15-5-4-8-9(6-15)19-11(13-8)14-12(17)18-3/h7H,4-6H2,1-3H3,(H,13,14,17). The molecule has 1 aliphatic rings. The van der Waals surface area contributed by atoms with Gasteiger partial charge in [-0.3, -0.25) is 10.1 Å². The number of thiazole rings is 1. The van der Waals surface area contributed by atoms with Crippen LogP contribution in [0.4, 0.5) is 9.93 Å². The van der Waals surface area contributed by atoms with E-state index in [1.165, 1.54) is 18.4 Å². The van der Waals surface area contributed by atoms with Gasteiger partial charge >= 0.3 is 6.09 Å². The summed E-state index contributed by atoms with van der Waals surface area (Å²) in [5, 5.41) is 3.08. The van der Waals surface area contributed by atoms with Crippen molar-refractivity contribution in [1.29, 1.82) is 0 Å². The monoisotopic (exact) mass is 283 g/mol. The summed E-state index contributed by atoms with van der Waals surface area (Å²) >= 11 is 1.39. The minimum atomic E-state index is -0.527. The van der Waals surface area contributed by atoms with Gasteiger partial charge in [0.25, 0.3) is 0 Å². The first kappa shape index (κ1) is 13.8. The Balaban J connectivity index is 2.09. The molecule has 0 bridgehead atoms. The molecule has 2 rings (SSSR count). The predicted octanol–water partition coefficient (Wildman–Crippen LogP) is 1.86. The number of rotatable bonds is 2. The van der Waals surface area contributed by atoms with Crippen LogP contribution < -0.4 is 5.32 Å². The number of aromatic nitrogens is 1. The molecule has 0 unspecified atom stereocenters. The van der Waals surface area contributed by atoms with Gasteiger partial charge in [-0.2, -0.15) is 0 Å². The van der Waals surface area contributed by atoms with Gasteiger partial charge in [-0.25, -0.2) is 9.78 Å². The number of hydrogen-bond acceptors (Lipinski definition) is 5. The zero-order chi connectivity index (χ0) is 14.0. The van der Waals surface area contributed by atoms with Gasteiger partial charge in [-0.15, -0.1) is 0 Å². The number of carbonyl (C=O) groups is 2. The second kappa shape index (κ2) is 5.56. The van der Waals surface area contributed by atoms with Crippen molar-refractivity contribution in [1.82, 2.24) is 9.88 Å². The summed E-state index contributed by atoms with van der Waals surface area (Å²) in [6, 6.07) is 0. The summed E-state index contributed by atoms with van der Waals surface area (Å²) in [5.74, 6) is 0.156. The maximum Gasteiger partial charge on any atom is 0.413 e. The Bertz CT molecular complexity index is 498. The van der Waals surface area contributed by atoms with Crippen molar-refractivity contribution < 1.29 is 14.3 Å². The predicted molar refractivity (Wildman–Crippen MR) is 72.1 cm³/mol. The molecule has 0 aromatic carbocycles. The maximum absolute atomic E-state index is 12.0. The highest BCUT2D eigenvalue weighted by atomic mass is 32.1. The van der Waals surface area contributed by atoms with Crippen LogP contribution in [0.3, 0.4) is 0 Å². The molecule has 2 amide bonds. The average Bonchev–Trinajstić information content (AvgIpc) is 2.78. The van der Waals surface area contributed by atoms with E-state index >= 15 is 0 Å². The number of ether oxygens (including phenoxy) is 1. The van der Waals surface area contributed by atoms with Crippen molar-refractivity contribution in [2.75, 3.05) is 19.0 Å². The van der Waals surface area contributed by atoms with Crippen molar-refractivity contribution in [3.05, 3.63) is 10.6 Å². The van der Waals surface area contributed by atoms with Gasteiger partial charge in [-0.05, 0) is 0 Å². The number of anilines is 1. The van der Waals surface area contributed by atoms with Crippen molar-refractivity contribution in [3.8, 4) is 0 Å². The Kier molecular flexibility index (Phi) is 4.04. The molecule has 0 spiro atoms. The lowest BCUT2D eigenvalue weighted by Crippen LogP contribution is -2.37. The Labute approximate surface area is 115 Å². The van der Waals surface area contributed by atoms with Crippen LogP contribution in [-0.4, -0.2) is 35.5 Å². The molecule has 19 heavy (non-hydrogen) atoms. The molecule has 0 atom stereocenters. The van der Waals surface area contributed by atoms with Gasteiger partial charge in [0.2, 0.25) is 5.91 Å². The quantitative estimate of drug-likeness (QED) is 0.899. The summed E-state index contributed by atoms with van der Waals surface area (Å²) in [6.07, 6.45) is 0.203. The van der Waals surface area contributed by atoms with Gasteiger partial charge in [-0.1, -0.05) is 25.2 Å². The molecule has 2 heterocycles. The SMILES string of the molecule is COC(=O)Nc1nc2c(s1)CN(C(=O)C(C)C)CC2. The van der Waals surface area contributed by atoms with Crippen molar-refractivity contribution in [3.63, 3.8) is 0 Å². The normalized spacial score (nSPS) is 14.2. The molecule has 0 radical (unpaired) electrons. The Morgan fingerprint density at radius 1 is 1.47 bits per heavy atom. The molecule has 1 N–H and O–H groups in total. The molecule has 104 valence electrons. The number of nitrogens with one attached hydrogen (secondary N) is 1. The van der Waals surface area contributed by atoms with Crippen LogP contribution >= 0.6 is 11.3 Å². The highest BCUT2D eigenvalue weighted by Gasteiger charge is 2.25. The van der Waals surface area contributed by atoms with Crippen LogP contribution in [0.25, 0.3) is 0 Å². The molecule has 1 aromatic rings. The first-order valence-corrected chi connectivity index (χ1v) is 6.95. The first-order valence-electron chi connectivity index (χ1n) is 6.13. The smallest absolute Gasteiger partial charge is 0.413 e. The average molecular weight is 283 g/mol. The van der Waals surface area contributed by atoms with E-state index in [1.807, 2.05) is 18.7 Å². The Hall–Kier alpha value is -1.63. The van der Waals surface area contributed by atoms with E-state index in [0.717, 1.165) is 17.0 Å². The van der Waals surface area contributed by atoms with Crippen molar-refractivity contribution in [2.24, 2.45) is 5.92 Å².